The molecule has 0 spiro atoms. The van der Waals surface area contributed by atoms with Crippen molar-refractivity contribution in [2.45, 2.75) is 25.8 Å². The molecule has 0 bridgehead atoms. The molecule has 2 fully saturated rings. The molecule has 1 aromatic rings. The van der Waals surface area contributed by atoms with Gasteiger partial charge in [0.1, 0.15) is 0 Å². The van der Waals surface area contributed by atoms with E-state index < -0.39 is 11.9 Å². The second-order valence-electron chi connectivity index (χ2n) is 5.96. The number of benzene rings is 1. The van der Waals surface area contributed by atoms with Crippen LogP contribution >= 0.6 is 0 Å². The van der Waals surface area contributed by atoms with Crippen LogP contribution in [0.5, 0.6) is 0 Å². The molecule has 2 N–H and O–H groups in total. The number of likely N-dealkylation sites (tertiary alicyclic amines) is 1. The molecular weight excluding hydrogens is 268 g/mol. The van der Waals surface area contributed by atoms with Gasteiger partial charge in [-0.1, -0.05) is 12.1 Å². The highest BCUT2D eigenvalue weighted by Gasteiger charge is 2.48. The van der Waals surface area contributed by atoms with Crippen molar-refractivity contribution in [2.75, 3.05) is 18.4 Å². The predicted octanol–water partition coefficient (Wildman–Crippen LogP) is 1.94. The van der Waals surface area contributed by atoms with E-state index in [0.717, 1.165) is 25.3 Å². The van der Waals surface area contributed by atoms with Crippen molar-refractivity contribution in [1.82, 2.24) is 4.90 Å². The minimum absolute atomic E-state index is 0.180. The van der Waals surface area contributed by atoms with Gasteiger partial charge in [-0.2, -0.15) is 0 Å². The third-order valence-electron chi connectivity index (χ3n) is 4.24. The molecule has 0 unspecified atom stereocenters. The minimum Gasteiger partial charge on any atom is -0.481 e. The predicted molar refractivity (Wildman–Crippen MR) is 78.8 cm³/mol. The Morgan fingerprint density at radius 2 is 2.00 bits per heavy atom. The molecule has 5 heteroatoms. The lowest BCUT2D eigenvalue weighted by Gasteiger charge is -2.15. The minimum atomic E-state index is -0.877. The van der Waals surface area contributed by atoms with Gasteiger partial charge >= 0.3 is 5.97 Å². The SMILES string of the molecule is O=C(O)[C@H]1C[C@H]1C(=O)Nc1cccc(CN2CCCC2)c1. The van der Waals surface area contributed by atoms with Gasteiger partial charge in [-0.3, -0.25) is 14.5 Å². The van der Waals surface area contributed by atoms with E-state index in [0.29, 0.717) is 6.42 Å². The van der Waals surface area contributed by atoms with Crippen LogP contribution in [0.25, 0.3) is 0 Å². The van der Waals surface area contributed by atoms with Crippen molar-refractivity contribution < 1.29 is 14.7 Å². The number of nitrogens with one attached hydrogen (secondary N) is 1. The van der Waals surface area contributed by atoms with Crippen LogP contribution in [0.1, 0.15) is 24.8 Å². The third-order valence-corrected chi connectivity index (χ3v) is 4.24. The van der Waals surface area contributed by atoms with Crippen LogP contribution in [0.2, 0.25) is 0 Å². The van der Waals surface area contributed by atoms with Crippen LogP contribution in [0.15, 0.2) is 24.3 Å². The van der Waals surface area contributed by atoms with E-state index in [4.69, 9.17) is 5.11 Å². The Bertz CT molecular complexity index is 552. The summed E-state index contributed by atoms with van der Waals surface area (Å²) in [5.41, 5.74) is 1.94. The zero-order valence-electron chi connectivity index (χ0n) is 11.9. The molecule has 112 valence electrons. The maximum atomic E-state index is 12.0. The number of carbonyl (C=O) groups excluding carboxylic acids is 1. The number of nitrogens with zero attached hydrogens (tertiary/aromatic N) is 1. The van der Waals surface area contributed by atoms with Gasteiger partial charge in [0.25, 0.3) is 0 Å². The summed E-state index contributed by atoms with van der Waals surface area (Å²) in [6.45, 7) is 3.18. The lowest BCUT2D eigenvalue weighted by atomic mass is 10.2. The molecule has 2 aliphatic rings. The number of amides is 1. The summed E-state index contributed by atoms with van der Waals surface area (Å²) in [6.07, 6.45) is 2.97. The zero-order valence-corrected chi connectivity index (χ0v) is 11.9. The fourth-order valence-electron chi connectivity index (χ4n) is 2.94. The number of hydrogen-bond donors (Lipinski definition) is 2. The van der Waals surface area contributed by atoms with Crippen molar-refractivity contribution in [3.63, 3.8) is 0 Å². The summed E-state index contributed by atoms with van der Waals surface area (Å²) < 4.78 is 0. The number of carboxylic acid groups (broad SMARTS) is 1. The monoisotopic (exact) mass is 288 g/mol. The number of aliphatic carboxylic acids is 1. The standard InChI is InChI=1S/C16H20N2O3/c19-15(13-9-14(13)16(20)21)17-12-5-3-4-11(8-12)10-18-6-1-2-7-18/h3-5,8,13-14H,1-2,6-7,9-10H2,(H,17,19)(H,20,21)/t13-,14+/m1/s1. The highest BCUT2D eigenvalue weighted by Crippen LogP contribution is 2.39. The molecule has 1 aliphatic heterocycles. The first-order valence-corrected chi connectivity index (χ1v) is 7.48. The number of hydrogen-bond acceptors (Lipinski definition) is 3. The third kappa shape index (κ3) is 3.42. The maximum Gasteiger partial charge on any atom is 0.307 e. The number of carbonyl (C=O) groups is 2. The van der Waals surface area contributed by atoms with Gasteiger partial charge in [-0.25, -0.2) is 0 Å². The largest absolute Gasteiger partial charge is 0.481 e. The van der Waals surface area contributed by atoms with Gasteiger partial charge in [0.05, 0.1) is 11.8 Å². The summed E-state index contributed by atoms with van der Waals surface area (Å²) in [7, 11) is 0. The quantitative estimate of drug-likeness (QED) is 0.868. The lowest BCUT2D eigenvalue weighted by Crippen LogP contribution is -2.19. The summed E-state index contributed by atoms with van der Waals surface area (Å²) in [5.74, 6) is -1.93. The molecule has 3 rings (SSSR count). The maximum absolute atomic E-state index is 12.0. The normalized spacial score (nSPS) is 24.8. The fourth-order valence-corrected chi connectivity index (χ4v) is 2.94. The number of anilines is 1. The first-order chi connectivity index (χ1) is 10.1. The Morgan fingerprint density at radius 1 is 1.24 bits per heavy atom. The van der Waals surface area contributed by atoms with Crippen LogP contribution in [0, 0.1) is 11.8 Å². The summed E-state index contributed by atoms with van der Waals surface area (Å²) in [4.78, 5) is 25.2. The van der Waals surface area contributed by atoms with E-state index in [1.165, 1.54) is 18.4 Å². The molecule has 1 saturated carbocycles. The van der Waals surface area contributed by atoms with Gasteiger partial charge in [0, 0.05) is 12.2 Å². The van der Waals surface area contributed by atoms with Crippen molar-refractivity contribution >= 4 is 17.6 Å². The van der Waals surface area contributed by atoms with Crippen LogP contribution < -0.4 is 5.32 Å². The highest BCUT2D eigenvalue weighted by molar-refractivity contribution is 5.98. The number of carboxylic acids is 1. The Labute approximate surface area is 123 Å². The second kappa shape index (κ2) is 5.85. The van der Waals surface area contributed by atoms with E-state index in [1.54, 1.807) is 0 Å². The first-order valence-electron chi connectivity index (χ1n) is 7.48. The van der Waals surface area contributed by atoms with Crippen LogP contribution in [-0.2, 0) is 16.1 Å². The average molecular weight is 288 g/mol. The van der Waals surface area contributed by atoms with E-state index in [1.807, 2.05) is 18.2 Å². The Kier molecular flexibility index (Phi) is 3.92. The molecule has 1 heterocycles. The Balaban J connectivity index is 1.58. The van der Waals surface area contributed by atoms with Crippen molar-refractivity contribution in [3.8, 4) is 0 Å². The summed E-state index contributed by atoms with van der Waals surface area (Å²) >= 11 is 0. The first kappa shape index (κ1) is 14.1. The van der Waals surface area contributed by atoms with E-state index in [9.17, 15) is 9.59 Å². The second-order valence-corrected chi connectivity index (χ2v) is 5.96. The molecule has 0 radical (unpaired) electrons. The molecule has 1 amide bonds. The fraction of sp³-hybridized carbons (Fsp3) is 0.500. The molecule has 0 aromatic heterocycles. The van der Waals surface area contributed by atoms with E-state index >= 15 is 0 Å². The van der Waals surface area contributed by atoms with Crippen molar-refractivity contribution in [1.29, 1.82) is 0 Å². The zero-order chi connectivity index (χ0) is 14.8. The molecule has 1 aliphatic carbocycles. The molecule has 2 atom stereocenters. The lowest BCUT2D eigenvalue weighted by molar-refractivity contribution is -0.139. The van der Waals surface area contributed by atoms with E-state index in [-0.39, 0.29) is 11.8 Å². The Hall–Kier alpha value is -1.88. The smallest absolute Gasteiger partial charge is 0.307 e. The molecule has 1 saturated heterocycles. The molecule has 21 heavy (non-hydrogen) atoms. The average Bonchev–Trinajstić information content (AvgIpc) is 3.11. The van der Waals surface area contributed by atoms with Crippen LogP contribution in [0.3, 0.4) is 0 Å². The van der Waals surface area contributed by atoms with Crippen LogP contribution in [-0.4, -0.2) is 35.0 Å². The van der Waals surface area contributed by atoms with Gasteiger partial charge in [-0.15, -0.1) is 0 Å². The van der Waals surface area contributed by atoms with Gasteiger partial charge in [0.2, 0.25) is 5.91 Å². The van der Waals surface area contributed by atoms with Crippen LogP contribution in [0.4, 0.5) is 5.69 Å². The molecule has 1 aromatic carbocycles. The highest BCUT2D eigenvalue weighted by atomic mass is 16.4. The summed E-state index contributed by atoms with van der Waals surface area (Å²) in [6, 6.07) is 7.83. The van der Waals surface area contributed by atoms with Crippen molar-refractivity contribution in [3.05, 3.63) is 29.8 Å². The van der Waals surface area contributed by atoms with Gasteiger partial charge in [0.15, 0.2) is 0 Å². The van der Waals surface area contributed by atoms with E-state index in [2.05, 4.69) is 16.3 Å². The van der Waals surface area contributed by atoms with Crippen molar-refractivity contribution in [2.24, 2.45) is 11.8 Å². The topological polar surface area (TPSA) is 69.6 Å². The summed E-state index contributed by atoms with van der Waals surface area (Å²) in [5, 5.41) is 11.7. The van der Waals surface area contributed by atoms with Gasteiger partial charge < -0.3 is 10.4 Å². The van der Waals surface area contributed by atoms with Gasteiger partial charge in [-0.05, 0) is 50.0 Å². The number of rotatable bonds is 5. The molecule has 5 nitrogen and oxygen atoms in total. The Morgan fingerprint density at radius 3 is 2.67 bits per heavy atom. The molecular formula is C16H20N2O3.